The zero-order valence-corrected chi connectivity index (χ0v) is 11.7. The summed E-state index contributed by atoms with van der Waals surface area (Å²) in [6, 6.07) is 6.78. The zero-order chi connectivity index (χ0) is 11.3. The maximum Gasteiger partial charge on any atom is 0.0230 e. The number of benzene rings is 1. The summed E-state index contributed by atoms with van der Waals surface area (Å²) in [7, 11) is 0. The molecule has 81 valence electrons. The molecule has 0 saturated carbocycles. The molecule has 0 bridgehead atoms. The Morgan fingerprint density at radius 2 is 2.13 bits per heavy atom. The Kier molecular flexibility index (Phi) is 5.37. The fraction of sp³-hybridized carbons (Fsp3) is 0.357. The fourth-order valence-corrected chi connectivity index (χ4v) is 2.26. The first-order valence-electron chi connectivity index (χ1n) is 5.43. The first-order chi connectivity index (χ1) is 7.17. The molecule has 0 atom stereocenters. The molecule has 0 nitrogen and oxygen atoms in total. The van der Waals surface area contributed by atoms with Gasteiger partial charge in [0.05, 0.1) is 0 Å². The average molecular weight is 313 g/mol. The van der Waals surface area contributed by atoms with E-state index in [1.54, 1.807) is 0 Å². The highest BCUT2D eigenvalue weighted by Gasteiger charge is 2.04. The van der Waals surface area contributed by atoms with Gasteiger partial charge in [0.15, 0.2) is 0 Å². The smallest absolute Gasteiger partial charge is 0.0230 e. The second-order valence-corrected chi connectivity index (χ2v) is 5.08. The van der Waals surface area contributed by atoms with Crippen LogP contribution in [-0.4, -0.2) is 0 Å². The molecule has 0 spiro atoms. The monoisotopic (exact) mass is 313 g/mol. The molecule has 1 rings (SSSR count). The van der Waals surface area contributed by atoms with Crippen LogP contribution < -0.4 is 0 Å². The maximum absolute atomic E-state index is 3.82. The standard InChI is InChI=1S/C14H18I/c1-4-6-7-12-8-13(11(3)5-2)10-14(15)9-12/h5,8-10H,2,4,6-7H2,1,3H3. The van der Waals surface area contributed by atoms with E-state index < -0.39 is 0 Å². The van der Waals surface area contributed by atoms with E-state index in [-0.39, 0.29) is 0 Å². The van der Waals surface area contributed by atoms with E-state index in [9.17, 15) is 0 Å². The topological polar surface area (TPSA) is 0 Å². The molecule has 1 heteroatoms. The minimum Gasteiger partial charge on any atom is -0.102 e. The van der Waals surface area contributed by atoms with Crippen LogP contribution in [0, 0.1) is 9.49 Å². The first-order valence-corrected chi connectivity index (χ1v) is 6.51. The second kappa shape index (κ2) is 6.31. The number of rotatable bonds is 5. The van der Waals surface area contributed by atoms with Crippen molar-refractivity contribution in [2.24, 2.45) is 0 Å². The lowest BCUT2D eigenvalue weighted by Gasteiger charge is -2.09. The van der Waals surface area contributed by atoms with Crippen LogP contribution in [0.2, 0.25) is 0 Å². The van der Waals surface area contributed by atoms with Gasteiger partial charge in [0.1, 0.15) is 0 Å². The third-order valence-electron chi connectivity index (χ3n) is 2.54. The summed E-state index contributed by atoms with van der Waals surface area (Å²) in [6.45, 7) is 8.16. The van der Waals surface area contributed by atoms with Crippen LogP contribution >= 0.6 is 22.6 Å². The number of aryl methyl sites for hydroxylation is 1. The highest BCUT2D eigenvalue weighted by molar-refractivity contribution is 14.1. The van der Waals surface area contributed by atoms with E-state index in [1.165, 1.54) is 39.9 Å². The Morgan fingerprint density at radius 1 is 1.40 bits per heavy atom. The summed E-state index contributed by atoms with van der Waals surface area (Å²) in [4.78, 5) is 0. The van der Waals surface area contributed by atoms with Gasteiger partial charge in [0.2, 0.25) is 0 Å². The van der Waals surface area contributed by atoms with Gasteiger partial charge < -0.3 is 0 Å². The molecule has 0 amide bonds. The average Bonchev–Trinajstić information content (AvgIpc) is 2.24. The van der Waals surface area contributed by atoms with Gasteiger partial charge in [-0.05, 0) is 58.7 Å². The van der Waals surface area contributed by atoms with E-state index in [1.807, 2.05) is 6.08 Å². The van der Waals surface area contributed by atoms with Crippen LogP contribution in [0.1, 0.15) is 37.8 Å². The van der Waals surface area contributed by atoms with Crippen molar-refractivity contribution in [1.29, 1.82) is 0 Å². The molecule has 0 N–H and O–H groups in total. The van der Waals surface area contributed by atoms with E-state index >= 15 is 0 Å². The summed E-state index contributed by atoms with van der Waals surface area (Å²) in [6.07, 6.45) is 5.64. The largest absolute Gasteiger partial charge is 0.102 e. The van der Waals surface area contributed by atoms with Crippen molar-refractivity contribution >= 4 is 22.6 Å². The highest BCUT2D eigenvalue weighted by atomic mass is 127. The SMILES string of the molecule is C=C[C](C)c1cc(I)cc(CCCC)c1. The normalized spacial score (nSPS) is 10.7. The summed E-state index contributed by atoms with van der Waals surface area (Å²) < 4.78 is 1.32. The molecule has 0 aromatic heterocycles. The maximum atomic E-state index is 3.82. The molecular weight excluding hydrogens is 295 g/mol. The van der Waals surface area contributed by atoms with Gasteiger partial charge >= 0.3 is 0 Å². The Hall–Kier alpha value is -0.310. The third-order valence-corrected chi connectivity index (χ3v) is 3.16. The van der Waals surface area contributed by atoms with Crippen molar-refractivity contribution in [2.75, 3.05) is 0 Å². The number of allylic oxidation sites excluding steroid dienone is 1. The van der Waals surface area contributed by atoms with Gasteiger partial charge in [-0.1, -0.05) is 32.4 Å². The molecule has 0 fully saturated rings. The van der Waals surface area contributed by atoms with E-state index in [0.717, 1.165) is 0 Å². The van der Waals surface area contributed by atoms with Gasteiger partial charge in [0.25, 0.3) is 0 Å². The molecule has 15 heavy (non-hydrogen) atoms. The van der Waals surface area contributed by atoms with Crippen molar-refractivity contribution in [3.63, 3.8) is 0 Å². The highest BCUT2D eigenvalue weighted by Crippen LogP contribution is 2.21. The molecule has 0 aliphatic rings. The molecule has 1 aromatic carbocycles. The number of hydrogen-bond donors (Lipinski definition) is 0. The predicted molar refractivity (Wildman–Crippen MR) is 76.0 cm³/mol. The molecule has 0 aliphatic heterocycles. The fourth-order valence-electron chi connectivity index (χ4n) is 1.52. The van der Waals surface area contributed by atoms with E-state index in [4.69, 9.17) is 0 Å². The van der Waals surface area contributed by atoms with Crippen LogP contribution in [-0.2, 0) is 6.42 Å². The van der Waals surface area contributed by atoms with Gasteiger partial charge in [0, 0.05) is 9.49 Å². The van der Waals surface area contributed by atoms with Crippen molar-refractivity contribution in [3.8, 4) is 0 Å². The van der Waals surface area contributed by atoms with Gasteiger partial charge in [-0.25, -0.2) is 0 Å². The lowest BCUT2D eigenvalue weighted by molar-refractivity contribution is 0.794. The van der Waals surface area contributed by atoms with Crippen molar-refractivity contribution < 1.29 is 0 Å². The van der Waals surface area contributed by atoms with Crippen LogP contribution in [0.15, 0.2) is 30.9 Å². The molecule has 0 heterocycles. The Balaban J connectivity index is 2.89. The first kappa shape index (κ1) is 12.8. The van der Waals surface area contributed by atoms with E-state index in [2.05, 4.69) is 61.2 Å². The summed E-state index contributed by atoms with van der Waals surface area (Å²) in [5.74, 6) is 1.26. The minimum absolute atomic E-state index is 1.19. The summed E-state index contributed by atoms with van der Waals surface area (Å²) >= 11 is 2.38. The Bertz CT molecular complexity index is 328. The van der Waals surface area contributed by atoms with Crippen molar-refractivity contribution in [2.45, 2.75) is 33.1 Å². The van der Waals surface area contributed by atoms with Crippen LogP contribution in [0.5, 0.6) is 0 Å². The Labute approximate surface area is 107 Å². The van der Waals surface area contributed by atoms with E-state index in [0.29, 0.717) is 0 Å². The van der Waals surface area contributed by atoms with Crippen LogP contribution in [0.3, 0.4) is 0 Å². The third kappa shape index (κ3) is 3.98. The van der Waals surface area contributed by atoms with Gasteiger partial charge in [-0.15, -0.1) is 6.58 Å². The number of hydrogen-bond acceptors (Lipinski definition) is 0. The molecule has 1 radical (unpaired) electrons. The van der Waals surface area contributed by atoms with Crippen molar-refractivity contribution in [3.05, 3.63) is 51.5 Å². The summed E-state index contributed by atoms with van der Waals surface area (Å²) in [5, 5.41) is 0. The lowest BCUT2D eigenvalue weighted by Crippen LogP contribution is -1.94. The number of unbranched alkanes of at least 4 members (excludes halogenated alkanes) is 1. The van der Waals surface area contributed by atoms with Crippen LogP contribution in [0.4, 0.5) is 0 Å². The predicted octanol–water partition coefficient (Wildman–Crippen LogP) is 4.76. The summed E-state index contributed by atoms with van der Waals surface area (Å²) in [5.41, 5.74) is 2.75. The molecule has 1 aromatic rings. The van der Waals surface area contributed by atoms with Crippen molar-refractivity contribution in [1.82, 2.24) is 0 Å². The quantitative estimate of drug-likeness (QED) is 0.687. The molecule has 0 unspecified atom stereocenters. The molecular formula is C14H18I. The molecule has 0 saturated heterocycles. The molecule has 0 aliphatic carbocycles. The van der Waals surface area contributed by atoms with Crippen LogP contribution in [0.25, 0.3) is 0 Å². The Morgan fingerprint density at radius 3 is 2.73 bits per heavy atom. The zero-order valence-electron chi connectivity index (χ0n) is 9.52. The second-order valence-electron chi connectivity index (χ2n) is 3.84. The van der Waals surface area contributed by atoms with Gasteiger partial charge in [-0.3, -0.25) is 0 Å². The lowest BCUT2D eigenvalue weighted by atomic mass is 9.97. The van der Waals surface area contributed by atoms with Gasteiger partial charge in [-0.2, -0.15) is 0 Å². The number of halogens is 1. The minimum atomic E-state index is 1.19.